The van der Waals surface area contributed by atoms with E-state index in [-0.39, 0.29) is 5.91 Å². The van der Waals surface area contributed by atoms with Crippen LogP contribution in [0.15, 0.2) is 48.5 Å². The number of carbonyl (C=O) groups is 1. The lowest BCUT2D eigenvalue weighted by molar-refractivity contribution is 0.102. The van der Waals surface area contributed by atoms with E-state index in [4.69, 9.17) is 0 Å². The van der Waals surface area contributed by atoms with Crippen LogP contribution in [0, 0.1) is 6.92 Å². The minimum Gasteiger partial charge on any atom is -0.389 e. The van der Waals surface area contributed by atoms with Crippen LogP contribution in [-0.4, -0.2) is 11.0 Å². The van der Waals surface area contributed by atoms with Crippen molar-refractivity contribution in [1.29, 1.82) is 0 Å². The summed E-state index contributed by atoms with van der Waals surface area (Å²) in [6, 6.07) is 14.6. The van der Waals surface area contributed by atoms with Gasteiger partial charge in [-0.25, -0.2) is 0 Å². The van der Waals surface area contributed by atoms with E-state index < -0.39 is 6.10 Å². The molecule has 0 aliphatic rings. The van der Waals surface area contributed by atoms with Crippen molar-refractivity contribution in [3.8, 4) is 0 Å². The molecule has 0 saturated heterocycles. The zero-order valence-corrected chi connectivity index (χ0v) is 11.1. The second-order valence-corrected chi connectivity index (χ2v) is 4.62. The molecule has 2 aromatic rings. The van der Waals surface area contributed by atoms with Crippen LogP contribution < -0.4 is 5.32 Å². The van der Waals surface area contributed by atoms with Crippen molar-refractivity contribution in [2.45, 2.75) is 20.0 Å². The SMILES string of the molecule is Cc1ccc(C(=O)Nc2cccc([C@@H](C)O)c2)cc1. The van der Waals surface area contributed by atoms with Gasteiger partial charge in [0.05, 0.1) is 6.10 Å². The van der Waals surface area contributed by atoms with Crippen molar-refractivity contribution in [3.63, 3.8) is 0 Å². The van der Waals surface area contributed by atoms with E-state index in [0.29, 0.717) is 11.3 Å². The fourth-order valence-electron chi connectivity index (χ4n) is 1.78. The minimum absolute atomic E-state index is 0.150. The number of nitrogens with one attached hydrogen (secondary N) is 1. The Morgan fingerprint density at radius 2 is 1.84 bits per heavy atom. The molecule has 0 bridgehead atoms. The van der Waals surface area contributed by atoms with Crippen LogP contribution in [0.25, 0.3) is 0 Å². The number of rotatable bonds is 3. The molecule has 3 heteroatoms. The van der Waals surface area contributed by atoms with E-state index in [1.807, 2.05) is 31.2 Å². The van der Waals surface area contributed by atoms with E-state index in [2.05, 4.69) is 5.32 Å². The second kappa shape index (κ2) is 5.67. The summed E-state index contributed by atoms with van der Waals surface area (Å²) >= 11 is 0. The molecule has 2 N–H and O–H groups in total. The molecule has 0 unspecified atom stereocenters. The Kier molecular flexibility index (Phi) is 3.97. The molecular weight excluding hydrogens is 238 g/mol. The van der Waals surface area contributed by atoms with Crippen LogP contribution in [0.4, 0.5) is 5.69 Å². The van der Waals surface area contributed by atoms with Crippen LogP contribution >= 0.6 is 0 Å². The summed E-state index contributed by atoms with van der Waals surface area (Å²) in [5.74, 6) is -0.150. The van der Waals surface area contributed by atoms with Crippen LogP contribution in [-0.2, 0) is 0 Å². The molecule has 0 aromatic heterocycles. The Morgan fingerprint density at radius 3 is 2.47 bits per heavy atom. The first-order valence-corrected chi connectivity index (χ1v) is 6.22. The Morgan fingerprint density at radius 1 is 1.16 bits per heavy atom. The first-order chi connectivity index (χ1) is 9.06. The summed E-state index contributed by atoms with van der Waals surface area (Å²) in [6.45, 7) is 3.68. The predicted octanol–water partition coefficient (Wildman–Crippen LogP) is 3.30. The monoisotopic (exact) mass is 255 g/mol. The number of aryl methyl sites for hydroxylation is 1. The predicted molar refractivity (Wildman–Crippen MR) is 76.2 cm³/mol. The molecule has 1 atom stereocenters. The van der Waals surface area contributed by atoms with Gasteiger partial charge in [0.1, 0.15) is 0 Å². The molecule has 98 valence electrons. The smallest absolute Gasteiger partial charge is 0.255 e. The standard InChI is InChI=1S/C16H17NO2/c1-11-6-8-13(9-7-11)16(19)17-15-5-3-4-14(10-15)12(2)18/h3-10,12,18H,1-2H3,(H,17,19)/t12-/m1/s1. The Balaban J connectivity index is 2.14. The highest BCUT2D eigenvalue weighted by Crippen LogP contribution is 2.17. The van der Waals surface area contributed by atoms with Gasteiger partial charge in [-0.1, -0.05) is 29.8 Å². The lowest BCUT2D eigenvalue weighted by Gasteiger charge is -2.09. The van der Waals surface area contributed by atoms with E-state index >= 15 is 0 Å². The van der Waals surface area contributed by atoms with Gasteiger partial charge < -0.3 is 10.4 Å². The average Bonchev–Trinajstić information content (AvgIpc) is 2.39. The van der Waals surface area contributed by atoms with E-state index in [1.54, 1.807) is 31.2 Å². The summed E-state index contributed by atoms with van der Waals surface area (Å²) in [6.07, 6.45) is -0.545. The maximum Gasteiger partial charge on any atom is 0.255 e. The van der Waals surface area contributed by atoms with Gasteiger partial charge in [-0.2, -0.15) is 0 Å². The molecule has 0 aliphatic carbocycles. The first kappa shape index (κ1) is 13.3. The van der Waals surface area contributed by atoms with Gasteiger partial charge in [-0.3, -0.25) is 4.79 Å². The number of anilines is 1. The van der Waals surface area contributed by atoms with E-state index in [9.17, 15) is 9.90 Å². The number of carbonyl (C=O) groups excluding carboxylic acids is 1. The molecule has 0 spiro atoms. The number of aliphatic hydroxyl groups excluding tert-OH is 1. The van der Waals surface area contributed by atoms with Crippen LogP contribution in [0.3, 0.4) is 0 Å². The number of benzene rings is 2. The van der Waals surface area contributed by atoms with Crippen molar-refractivity contribution in [1.82, 2.24) is 0 Å². The van der Waals surface area contributed by atoms with Crippen molar-refractivity contribution >= 4 is 11.6 Å². The molecule has 1 amide bonds. The van der Waals surface area contributed by atoms with Crippen molar-refractivity contribution in [2.75, 3.05) is 5.32 Å². The molecule has 2 aromatic carbocycles. The largest absolute Gasteiger partial charge is 0.389 e. The third-order valence-electron chi connectivity index (χ3n) is 2.94. The third kappa shape index (κ3) is 3.42. The van der Waals surface area contributed by atoms with Crippen molar-refractivity contribution < 1.29 is 9.90 Å². The fourth-order valence-corrected chi connectivity index (χ4v) is 1.78. The van der Waals surface area contributed by atoms with Gasteiger partial charge in [-0.15, -0.1) is 0 Å². The number of aliphatic hydroxyl groups is 1. The maximum atomic E-state index is 12.0. The summed E-state index contributed by atoms with van der Waals surface area (Å²) < 4.78 is 0. The quantitative estimate of drug-likeness (QED) is 0.884. The van der Waals surface area contributed by atoms with Crippen LogP contribution in [0.2, 0.25) is 0 Å². The zero-order valence-electron chi connectivity index (χ0n) is 11.1. The molecule has 0 heterocycles. The molecule has 19 heavy (non-hydrogen) atoms. The van der Waals surface area contributed by atoms with Gasteiger partial charge in [0.15, 0.2) is 0 Å². The molecule has 2 rings (SSSR count). The van der Waals surface area contributed by atoms with Crippen LogP contribution in [0.5, 0.6) is 0 Å². The van der Waals surface area contributed by atoms with Crippen molar-refractivity contribution in [2.24, 2.45) is 0 Å². The Hall–Kier alpha value is -2.13. The van der Waals surface area contributed by atoms with Gasteiger partial charge >= 0.3 is 0 Å². The molecule has 0 fully saturated rings. The van der Waals surface area contributed by atoms with E-state index in [0.717, 1.165) is 11.1 Å². The number of hydrogen-bond donors (Lipinski definition) is 2. The summed E-state index contributed by atoms with van der Waals surface area (Å²) in [7, 11) is 0. The highest BCUT2D eigenvalue weighted by molar-refractivity contribution is 6.04. The maximum absolute atomic E-state index is 12.0. The lowest BCUT2D eigenvalue weighted by Crippen LogP contribution is -2.12. The molecule has 0 saturated carbocycles. The average molecular weight is 255 g/mol. The number of amides is 1. The summed E-state index contributed by atoms with van der Waals surface area (Å²) in [4.78, 5) is 12.0. The first-order valence-electron chi connectivity index (χ1n) is 6.22. The topological polar surface area (TPSA) is 49.3 Å². The number of hydrogen-bond acceptors (Lipinski definition) is 2. The van der Waals surface area contributed by atoms with Crippen LogP contribution in [0.1, 0.15) is 34.5 Å². The highest BCUT2D eigenvalue weighted by atomic mass is 16.3. The van der Waals surface area contributed by atoms with Gasteiger partial charge in [0.2, 0.25) is 0 Å². The third-order valence-corrected chi connectivity index (χ3v) is 2.94. The fraction of sp³-hybridized carbons (Fsp3) is 0.188. The van der Waals surface area contributed by atoms with E-state index in [1.165, 1.54) is 0 Å². The Labute approximate surface area is 112 Å². The van der Waals surface area contributed by atoms with Gasteiger partial charge in [0.25, 0.3) is 5.91 Å². The molecular formula is C16H17NO2. The van der Waals surface area contributed by atoms with Crippen molar-refractivity contribution in [3.05, 3.63) is 65.2 Å². The summed E-state index contributed by atoms with van der Waals surface area (Å²) in [5.41, 5.74) is 3.20. The van der Waals surface area contributed by atoms with Gasteiger partial charge in [0, 0.05) is 11.3 Å². The minimum atomic E-state index is -0.545. The molecule has 0 aliphatic heterocycles. The normalized spacial score (nSPS) is 11.9. The molecule has 3 nitrogen and oxygen atoms in total. The summed E-state index contributed by atoms with van der Waals surface area (Å²) in [5, 5.41) is 12.3. The van der Waals surface area contributed by atoms with Gasteiger partial charge in [-0.05, 0) is 43.7 Å². The molecule has 0 radical (unpaired) electrons. The highest BCUT2D eigenvalue weighted by Gasteiger charge is 2.07. The second-order valence-electron chi connectivity index (χ2n) is 4.62. The zero-order chi connectivity index (χ0) is 13.8. The Bertz CT molecular complexity index is 574. The lowest BCUT2D eigenvalue weighted by atomic mass is 10.1.